The van der Waals surface area contributed by atoms with Gasteiger partial charge in [-0.15, -0.1) is 0 Å². The Morgan fingerprint density at radius 3 is 2.61 bits per heavy atom. The molecule has 3 amide bonds. The molecule has 0 bridgehead atoms. The number of benzene rings is 2. The number of methoxy groups -OCH3 is 1. The zero-order chi connectivity index (χ0) is 23.4. The van der Waals surface area contributed by atoms with Gasteiger partial charge in [0.2, 0.25) is 0 Å². The highest BCUT2D eigenvalue weighted by atomic mass is 16.6. The summed E-state index contributed by atoms with van der Waals surface area (Å²) >= 11 is 0. The smallest absolute Gasteiger partial charge is 0.409 e. The van der Waals surface area contributed by atoms with Gasteiger partial charge in [-0.3, -0.25) is 9.59 Å². The molecule has 33 heavy (non-hydrogen) atoms. The lowest BCUT2D eigenvalue weighted by Crippen LogP contribution is -2.47. The van der Waals surface area contributed by atoms with Crippen LogP contribution in [0.3, 0.4) is 0 Å². The fourth-order valence-electron chi connectivity index (χ4n) is 4.46. The summed E-state index contributed by atoms with van der Waals surface area (Å²) in [4.78, 5) is 41.3. The summed E-state index contributed by atoms with van der Waals surface area (Å²) in [5.41, 5.74) is 2.84. The summed E-state index contributed by atoms with van der Waals surface area (Å²) in [5, 5.41) is 2.90. The van der Waals surface area contributed by atoms with Crippen LogP contribution in [0.15, 0.2) is 42.5 Å². The molecule has 0 radical (unpaired) electrons. The third-order valence-corrected chi connectivity index (χ3v) is 6.27. The van der Waals surface area contributed by atoms with Gasteiger partial charge in [0.1, 0.15) is 5.75 Å². The van der Waals surface area contributed by atoms with Crippen LogP contribution in [0.5, 0.6) is 5.75 Å². The maximum Gasteiger partial charge on any atom is 0.409 e. The lowest BCUT2D eigenvalue weighted by atomic mass is 10.0. The zero-order valence-corrected chi connectivity index (χ0v) is 19.0. The fraction of sp³-hybridized carbons (Fsp3) is 0.400. The van der Waals surface area contributed by atoms with Crippen LogP contribution in [0.2, 0.25) is 0 Å². The second kappa shape index (κ2) is 9.94. The molecule has 1 saturated heterocycles. The van der Waals surface area contributed by atoms with Crippen molar-refractivity contribution < 1.29 is 23.9 Å². The van der Waals surface area contributed by atoms with Gasteiger partial charge in [-0.05, 0) is 43.5 Å². The van der Waals surface area contributed by atoms with Crippen molar-refractivity contribution >= 4 is 17.9 Å². The van der Waals surface area contributed by atoms with E-state index in [1.165, 1.54) is 0 Å². The van der Waals surface area contributed by atoms with Gasteiger partial charge in [-0.25, -0.2) is 4.79 Å². The average Bonchev–Trinajstić information content (AvgIpc) is 3.18. The van der Waals surface area contributed by atoms with E-state index >= 15 is 0 Å². The summed E-state index contributed by atoms with van der Waals surface area (Å²) in [6.07, 6.45) is 1.13. The highest BCUT2D eigenvalue weighted by Crippen LogP contribution is 2.29. The summed E-state index contributed by atoms with van der Waals surface area (Å²) in [6, 6.07) is 12.9. The van der Waals surface area contributed by atoms with Crippen LogP contribution in [0.25, 0.3) is 0 Å². The minimum Gasteiger partial charge on any atom is -0.496 e. The number of hydrogen-bond acceptors (Lipinski definition) is 5. The first-order valence-electron chi connectivity index (χ1n) is 11.3. The van der Waals surface area contributed by atoms with Crippen LogP contribution in [0, 0.1) is 0 Å². The van der Waals surface area contributed by atoms with Gasteiger partial charge in [0.25, 0.3) is 11.8 Å². The number of hydrogen-bond donors (Lipinski definition) is 1. The number of carbonyl (C=O) groups excluding carboxylic acids is 3. The monoisotopic (exact) mass is 451 g/mol. The maximum atomic E-state index is 13.1. The first-order chi connectivity index (χ1) is 16.0. The zero-order valence-electron chi connectivity index (χ0n) is 19.0. The van der Waals surface area contributed by atoms with Gasteiger partial charge in [-0.1, -0.05) is 24.3 Å². The van der Waals surface area contributed by atoms with E-state index in [-0.39, 0.29) is 23.9 Å². The predicted molar refractivity (Wildman–Crippen MR) is 122 cm³/mol. The second-order valence-electron chi connectivity index (χ2n) is 8.22. The Kier molecular flexibility index (Phi) is 6.82. The minimum atomic E-state index is -0.296. The Balaban J connectivity index is 1.38. The Labute approximate surface area is 193 Å². The quantitative estimate of drug-likeness (QED) is 0.729. The number of nitrogens with one attached hydrogen (secondary N) is 1. The molecule has 2 aromatic carbocycles. The van der Waals surface area contributed by atoms with Gasteiger partial charge in [0, 0.05) is 48.9 Å². The van der Waals surface area contributed by atoms with Crippen molar-refractivity contribution in [3.63, 3.8) is 0 Å². The number of amides is 3. The number of fused-ring (bicyclic) bond motifs is 1. The third kappa shape index (κ3) is 4.79. The molecule has 8 nitrogen and oxygen atoms in total. The molecule has 2 aliphatic heterocycles. The largest absolute Gasteiger partial charge is 0.496 e. The molecular formula is C25H29N3O5. The molecule has 4 rings (SSSR count). The van der Waals surface area contributed by atoms with Crippen molar-refractivity contribution in [1.82, 2.24) is 15.1 Å². The number of para-hydroxylation sites is 1. The van der Waals surface area contributed by atoms with Crippen molar-refractivity contribution in [2.75, 3.05) is 26.8 Å². The van der Waals surface area contributed by atoms with Gasteiger partial charge < -0.3 is 24.6 Å². The van der Waals surface area contributed by atoms with E-state index < -0.39 is 0 Å². The normalized spacial score (nSPS) is 15.9. The average molecular weight is 452 g/mol. The highest BCUT2D eigenvalue weighted by Gasteiger charge is 2.35. The summed E-state index contributed by atoms with van der Waals surface area (Å²) in [7, 11) is 1.60. The number of nitrogens with zero attached hydrogens (tertiary/aromatic N) is 2. The van der Waals surface area contributed by atoms with Crippen molar-refractivity contribution in [2.45, 2.75) is 38.9 Å². The number of ether oxygens (including phenoxy) is 2. The number of rotatable bonds is 6. The first-order valence-corrected chi connectivity index (χ1v) is 11.3. The molecule has 1 fully saturated rings. The van der Waals surface area contributed by atoms with Gasteiger partial charge in [0.15, 0.2) is 0 Å². The van der Waals surface area contributed by atoms with Crippen molar-refractivity contribution in [2.24, 2.45) is 0 Å². The summed E-state index contributed by atoms with van der Waals surface area (Å²) in [5.74, 6) is 0.420. The highest BCUT2D eigenvalue weighted by molar-refractivity contribution is 6.02. The van der Waals surface area contributed by atoms with Crippen LogP contribution < -0.4 is 10.1 Å². The SMILES string of the molecule is CCOC(=O)N1CCC(N2Cc3ccc(C(=O)NCc4ccccc4OC)cc3C2=O)CC1. The molecule has 0 saturated carbocycles. The van der Waals surface area contributed by atoms with Gasteiger partial charge in [0.05, 0.1) is 13.7 Å². The lowest BCUT2D eigenvalue weighted by Gasteiger charge is -2.36. The Bertz CT molecular complexity index is 1050. The van der Waals surface area contributed by atoms with Crippen LogP contribution in [-0.4, -0.2) is 60.6 Å². The van der Waals surface area contributed by atoms with E-state index in [1.54, 1.807) is 31.1 Å². The van der Waals surface area contributed by atoms with Crippen LogP contribution in [-0.2, 0) is 17.8 Å². The molecule has 2 aliphatic rings. The summed E-state index contributed by atoms with van der Waals surface area (Å²) < 4.78 is 10.4. The van der Waals surface area contributed by atoms with Crippen LogP contribution in [0.4, 0.5) is 4.79 Å². The van der Waals surface area contributed by atoms with E-state index in [9.17, 15) is 14.4 Å². The van der Waals surface area contributed by atoms with E-state index in [0.717, 1.165) is 11.1 Å². The van der Waals surface area contributed by atoms with Crippen LogP contribution in [0.1, 0.15) is 51.6 Å². The maximum absolute atomic E-state index is 13.1. The molecule has 2 aromatic rings. The Morgan fingerprint density at radius 1 is 1.12 bits per heavy atom. The van der Waals surface area contributed by atoms with E-state index in [1.807, 2.05) is 35.2 Å². The molecule has 8 heteroatoms. The van der Waals surface area contributed by atoms with E-state index in [0.29, 0.717) is 62.5 Å². The molecule has 0 unspecified atom stereocenters. The third-order valence-electron chi connectivity index (χ3n) is 6.27. The molecule has 0 aromatic heterocycles. The topological polar surface area (TPSA) is 88.2 Å². The Morgan fingerprint density at radius 2 is 1.88 bits per heavy atom. The molecule has 0 aliphatic carbocycles. The molecular weight excluding hydrogens is 422 g/mol. The van der Waals surface area contributed by atoms with Crippen molar-refractivity contribution in [3.8, 4) is 5.75 Å². The number of carbonyl (C=O) groups is 3. The van der Waals surface area contributed by atoms with Crippen LogP contribution >= 0.6 is 0 Å². The second-order valence-corrected chi connectivity index (χ2v) is 8.22. The number of piperidine rings is 1. The molecule has 2 heterocycles. The standard InChI is InChI=1S/C25H29N3O5/c1-3-33-25(31)27-12-10-20(11-13-27)28-16-19-9-8-17(14-21(19)24(28)30)23(29)26-15-18-6-4-5-7-22(18)32-2/h4-9,14,20H,3,10-13,15-16H2,1-2H3,(H,26,29). The minimum absolute atomic E-state index is 0.0565. The van der Waals surface area contributed by atoms with Crippen molar-refractivity contribution in [3.05, 3.63) is 64.7 Å². The fourth-order valence-corrected chi connectivity index (χ4v) is 4.46. The molecule has 1 N–H and O–H groups in total. The predicted octanol–water partition coefficient (Wildman–Crippen LogP) is 3.20. The molecule has 0 atom stereocenters. The van der Waals surface area contributed by atoms with E-state index in [4.69, 9.17) is 9.47 Å². The summed E-state index contributed by atoms with van der Waals surface area (Å²) in [6.45, 7) is 4.14. The Hall–Kier alpha value is -3.55. The molecule has 0 spiro atoms. The van der Waals surface area contributed by atoms with Gasteiger partial charge >= 0.3 is 6.09 Å². The lowest BCUT2D eigenvalue weighted by molar-refractivity contribution is 0.0558. The van der Waals surface area contributed by atoms with Crippen molar-refractivity contribution in [1.29, 1.82) is 0 Å². The number of likely N-dealkylation sites (tertiary alicyclic amines) is 1. The molecule has 174 valence electrons. The first kappa shape index (κ1) is 22.6. The van der Waals surface area contributed by atoms with E-state index in [2.05, 4.69) is 5.32 Å². The van der Waals surface area contributed by atoms with Gasteiger partial charge in [-0.2, -0.15) is 0 Å².